The van der Waals surface area contributed by atoms with Crippen molar-refractivity contribution in [2.45, 2.75) is 64.7 Å². The molecule has 0 spiro atoms. The van der Waals surface area contributed by atoms with Gasteiger partial charge in [-0.05, 0) is 13.0 Å². The van der Waals surface area contributed by atoms with Crippen LogP contribution >= 0.6 is 0 Å². The highest BCUT2D eigenvalue weighted by atomic mass is 16.1. The molecule has 0 N–H and O–H groups in total. The van der Waals surface area contributed by atoms with E-state index in [1.54, 1.807) is 0 Å². The van der Waals surface area contributed by atoms with Crippen LogP contribution in [0.5, 0.6) is 0 Å². The molecule has 0 aromatic rings. The summed E-state index contributed by atoms with van der Waals surface area (Å²) in [6, 6.07) is 0. The SMILES string of the molecule is CCCCCCCCCN1CCC(=O)CC1. The Labute approximate surface area is 100 Å². The van der Waals surface area contributed by atoms with Crippen molar-refractivity contribution in [3.05, 3.63) is 0 Å². The van der Waals surface area contributed by atoms with Gasteiger partial charge in [0, 0.05) is 25.9 Å². The zero-order valence-corrected chi connectivity index (χ0v) is 10.8. The maximum atomic E-state index is 11.1. The molecule has 0 unspecified atom stereocenters. The Morgan fingerprint density at radius 3 is 2.12 bits per heavy atom. The van der Waals surface area contributed by atoms with E-state index in [1.807, 2.05) is 0 Å². The molecular formula is C14H27NO. The molecule has 0 radical (unpaired) electrons. The van der Waals surface area contributed by atoms with E-state index >= 15 is 0 Å². The van der Waals surface area contributed by atoms with Crippen molar-refractivity contribution in [2.75, 3.05) is 19.6 Å². The fraction of sp³-hybridized carbons (Fsp3) is 0.929. The number of ketones is 1. The summed E-state index contributed by atoms with van der Waals surface area (Å²) >= 11 is 0. The number of Topliss-reactive ketones (excluding diaryl/α,β-unsaturated/α-hetero) is 1. The van der Waals surface area contributed by atoms with E-state index in [0.717, 1.165) is 25.9 Å². The molecule has 1 aliphatic heterocycles. The molecule has 1 heterocycles. The van der Waals surface area contributed by atoms with E-state index in [4.69, 9.17) is 0 Å². The number of rotatable bonds is 8. The van der Waals surface area contributed by atoms with Crippen molar-refractivity contribution in [2.24, 2.45) is 0 Å². The summed E-state index contributed by atoms with van der Waals surface area (Å²) in [6.45, 7) is 5.49. The molecule has 0 atom stereocenters. The van der Waals surface area contributed by atoms with Crippen molar-refractivity contribution < 1.29 is 4.79 Å². The largest absolute Gasteiger partial charge is 0.302 e. The van der Waals surface area contributed by atoms with Crippen LogP contribution in [0.1, 0.15) is 64.7 Å². The third kappa shape index (κ3) is 6.26. The van der Waals surface area contributed by atoms with Crippen LogP contribution in [-0.4, -0.2) is 30.3 Å². The van der Waals surface area contributed by atoms with E-state index in [9.17, 15) is 4.79 Å². The lowest BCUT2D eigenvalue weighted by Crippen LogP contribution is -2.34. The second kappa shape index (κ2) is 8.74. The Bertz CT molecular complexity index is 181. The molecule has 0 saturated carbocycles. The quantitative estimate of drug-likeness (QED) is 0.590. The summed E-state index contributed by atoms with van der Waals surface area (Å²) in [5.41, 5.74) is 0. The number of hydrogen-bond donors (Lipinski definition) is 0. The highest BCUT2D eigenvalue weighted by Crippen LogP contribution is 2.10. The van der Waals surface area contributed by atoms with Gasteiger partial charge in [-0.3, -0.25) is 4.79 Å². The Morgan fingerprint density at radius 1 is 0.938 bits per heavy atom. The van der Waals surface area contributed by atoms with Gasteiger partial charge in [0.25, 0.3) is 0 Å². The highest BCUT2D eigenvalue weighted by molar-refractivity contribution is 5.79. The number of piperidine rings is 1. The summed E-state index contributed by atoms with van der Waals surface area (Å²) < 4.78 is 0. The maximum Gasteiger partial charge on any atom is 0.135 e. The first kappa shape index (κ1) is 13.7. The Hall–Kier alpha value is -0.370. The van der Waals surface area contributed by atoms with Crippen LogP contribution in [0.4, 0.5) is 0 Å². The van der Waals surface area contributed by atoms with Gasteiger partial charge in [-0.25, -0.2) is 0 Å². The van der Waals surface area contributed by atoms with Crippen molar-refractivity contribution in [3.8, 4) is 0 Å². The molecule has 2 nitrogen and oxygen atoms in total. The molecule has 1 fully saturated rings. The molecule has 0 aliphatic carbocycles. The minimum atomic E-state index is 0.454. The molecular weight excluding hydrogens is 198 g/mol. The minimum absolute atomic E-state index is 0.454. The summed E-state index contributed by atoms with van der Waals surface area (Å²) in [5.74, 6) is 0.454. The Kier molecular flexibility index (Phi) is 7.48. The molecule has 0 amide bonds. The van der Waals surface area contributed by atoms with Gasteiger partial charge in [-0.1, -0.05) is 45.4 Å². The first-order valence-corrected chi connectivity index (χ1v) is 7.07. The standard InChI is InChI=1S/C14H27NO/c1-2-3-4-5-6-7-8-11-15-12-9-14(16)10-13-15/h2-13H2,1H3. The number of hydrogen-bond acceptors (Lipinski definition) is 2. The first-order chi connectivity index (χ1) is 7.83. The molecule has 0 bridgehead atoms. The van der Waals surface area contributed by atoms with Crippen LogP contribution in [0.25, 0.3) is 0 Å². The van der Waals surface area contributed by atoms with Crippen LogP contribution in [0.15, 0.2) is 0 Å². The van der Waals surface area contributed by atoms with Gasteiger partial charge >= 0.3 is 0 Å². The first-order valence-electron chi connectivity index (χ1n) is 7.07. The van der Waals surface area contributed by atoms with E-state index < -0.39 is 0 Å². The van der Waals surface area contributed by atoms with E-state index in [0.29, 0.717) is 5.78 Å². The fourth-order valence-electron chi connectivity index (χ4n) is 2.32. The lowest BCUT2D eigenvalue weighted by molar-refractivity contribution is -0.121. The molecule has 0 aromatic heterocycles. The molecule has 94 valence electrons. The lowest BCUT2D eigenvalue weighted by atomic mass is 10.1. The third-order valence-electron chi connectivity index (χ3n) is 3.49. The van der Waals surface area contributed by atoms with Crippen molar-refractivity contribution in [1.29, 1.82) is 0 Å². The van der Waals surface area contributed by atoms with Crippen LogP contribution in [-0.2, 0) is 4.79 Å². The molecule has 1 aliphatic rings. The molecule has 0 aromatic carbocycles. The van der Waals surface area contributed by atoms with Gasteiger partial charge in [0.1, 0.15) is 5.78 Å². The zero-order valence-electron chi connectivity index (χ0n) is 10.8. The van der Waals surface area contributed by atoms with Gasteiger partial charge in [-0.2, -0.15) is 0 Å². The Morgan fingerprint density at radius 2 is 1.50 bits per heavy atom. The average molecular weight is 225 g/mol. The second-order valence-electron chi connectivity index (χ2n) is 5.00. The van der Waals surface area contributed by atoms with Crippen LogP contribution < -0.4 is 0 Å². The smallest absolute Gasteiger partial charge is 0.135 e. The van der Waals surface area contributed by atoms with Crippen molar-refractivity contribution in [3.63, 3.8) is 0 Å². The molecule has 2 heteroatoms. The molecule has 1 saturated heterocycles. The number of carbonyl (C=O) groups excluding carboxylic acids is 1. The molecule has 16 heavy (non-hydrogen) atoms. The van der Waals surface area contributed by atoms with Gasteiger partial charge in [-0.15, -0.1) is 0 Å². The van der Waals surface area contributed by atoms with Crippen molar-refractivity contribution >= 4 is 5.78 Å². The van der Waals surface area contributed by atoms with Crippen LogP contribution in [0.3, 0.4) is 0 Å². The lowest BCUT2D eigenvalue weighted by Gasteiger charge is -2.25. The number of nitrogens with zero attached hydrogens (tertiary/aromatic N) is 1. The number of carbonyl (C=O) groups is 1. The maximum absolute atomic E-state index is 11.1. The number of likely N-dealkylation sites (tertiary alicyclic amines) is 1. The second-order valence-corrected chi connectivity index (χ2v) is 5.00. The van der Waals surface area contributed by atoms with Gasteiger partial charge < -0.3 is 4.90 Å². The summed E-state index contributed by atoms with van der Waals surface area (Å²) in [4.78, 5) is 13.5. The summed E-state index contributed by atoms with van der Waals surface area (Å²) in [7, 11) is 0. The van der Waals surface area contributed by atoms with Crippen LogP contribution in [0, 0.1) is 0 Å². The molecule has 1 rings (SSSR count). The van der Waals surface area contributed by atoms with Gasteiger partial charge in [0.15, 0.2) is 0 Å². The normalized spacial score (nSPS) is 17.9. The topological polar surface area (TPSA) is 20.3 Å². The van der Waals surface area contributed by atoms with E-state index in [2.05, 4.69) is 11.8 Å². The monoisotopic (exact) mass is 225 g/mol. The summed E-state index contributed by atoms with van der Waals surface area (Å²) in [6.07, 6.45) is 11.2. The number of unbranched alkanes of at least 4 members (excludes halogenated alkanes) is 6. The van der Waals surface area contributed by atoms with Crippen molar-refractivity contribution in [1.82, 2.24) is 4.90 Å². The third-order valence-corrected chi connectivity index (χ3v) is 3.49. The minimum Gasteiger partial charge on any atom is -0.302 e. The predicted molar refractivity (Wildman–Crippen MR) is 68.7 cm³/mol. The van der Waals surface area contributed by atoms with Crippen LogP contribution in [0.2, 0.25) is 0 Å². The zero-order chi connectivity index (χ0) is 11.6. The highest BCUT2D eigenvalue weighted by Gasteiger charge is 2.14. The fourth-order valence-corrected chi connectivity index (χ4v) is 2.32. The average Bonchev–Trinajstić information content (AvgIpc) is 2.30. The van der Waals surface area contributed by atoms with E-state index in [-0.39, 0.29) is 0 Å². The van der Waals surface area contributed by atoms with E-state index in [1.165, 1.54) is 51.5 Å². The van der Waals surface area contributed by atoms with Gasteiger partial charge in [0.05, 0.1) is 0 Å². The summed E-state index contributed by atoms with van der Waals surface area (Å²) in [5, 5.41) is 0. The Balaban J connectivity index is 1.85. The predicted octanol–water partition coefficient (Wildman–Crippen LogP) is 3.40. The van der Waals surface area contributed by atoms with Gasteiger partial charge in [0.2, 0.25) is 0 Å².